The van der Waals surface area contributed by atoms with E-state index in [1.165, 1.54) is 18.1 Å². The first-order chi connectivity index (χ1) is 10.8. The second kappa shape index (κ2) is 5.36. The van der Waals surface area contributed by atoms with Gasteiger partial charge >= 0.3 is 5.97 Å². The van der Waals surface area contributed by atoms with E-state index in [1.807, 2.05) is 19.1 Å². The van der Waals surface area contributed by atoms with Crippen LogP contribution in [0.1, 0.15) is 57.6 Å². The molecule has 2 aliphatic rings. The summed E-state index contributed by atoms with van der Waals surface area (Å²) >= 11 is 0. The number of primary amides is 1. The zero-order valence-electron chi connectivity index (χ0n) is 14.1. The summed E-state index contributed by atoms with van der Waals surface area (Å²) < 4.78 is 5.22. The van der Waals surface area contributed by atoms with Gasteiger partial charge in [-0.05, 0) is 60.3 Å². The number of hydrogen-bond donors (Lipinski definition) is 1. The first-order valence-electron chi connectivity index (χ1n) is 8.39. The Balaban J connectivity index is 2.03. The molecule has 2 aliphatic carbocycles. The standard InChI is InChI=1S/C19H25NO3/c1-12(21)23-14-6-7-15-13(11-14)5-8-16-18(15,2)9-4-10-19(16,3)17(20)22/h6-7,11,16H,4-5,8-10H2,1-3H3,(H2,20,22). The van der Waals surface area contributed by atoms with Crippen molar-refractivity contribution in [1.82, 2.24) is 0 Å². The van der Waals surface area contributed by atoms with Gasteiger partial charge in [-0.25, -0.2) is 0 Å². The highest BCUT2D eigenvalue weighted by molar-refractivity contribution is 5.81. The van der Waals surface area contributed by atoms with E-state index in [9.17, 15) is 9.59 Å². The van der Waals surface area contributed by atoms with Crippen LogP contribution in [-0.2, 0) is 21.4 Å². The van der Waals surface area contributed by atoms with Crippen molar-refractivity contribution in [3.63, 3.8) is 0 Å². The fourth-order valence-corrected chi connectivity index (χ4v) is 4.99. The Morgan fingerprint density at radius 2 is 2.00 bits per heavy atom. The third kappa shape index (κ3) is 2.44. The fourth-order valence-electron chi connectivity index (χ4n) is 4.99. The Bertz CT molecular complexity index is 669. The Kier molecular flexibility index (Phi) is 3.74. The predicted octanol–water partition coefficient (Wildman–Crippen LogP) is 3.11. The van der Waals surface area contributed by atoms with Crippen molar-refractivity contribution < 1.29 is 14.3 Å². The third-order valence-corrected chi connectivity index (χ3v) is 6.15. The quantitative estimate of drug-likeness (QED) is 0.673. The number of amides is 1. The largest absolute Gasteiger partial charge is 0.427 e. The van der Waals surface area contributed by atoms with E-state index in [0.717, 1.165) is 32.1 Å². The number of carbonyl (C=O) groups is 2. The summed E-state index contributed by atoms with van der Waals surface area (Å²) in [4.78, 5) is 23.3. The Labute approximate surface area is 137 Å². The van der Waals surface area contributed by atoms with E-state index >= 15 is 0 Å². The average molecular weight is 315 g/mol. The van der Waals surface area contributed by atoms with Crippen molar-refractivity contribution >= 4 is 11.9 Å². The van der Waals surface area contributed by atoms with E-state index in [0.29, 0.717) is 5.75 Å². The van der Waals surface area contributed by atoms with Gasteiger partial charge in [0.1, 0.15) is 5.75 Å². The number of carbonyl (C=O) groups excluding carboxylic acids is 2. The van der Waals surface area contributed by atoms with Gasteiger partial charge in [0.05, 0.1) is 0 Å². The van der Waals surface area contributed by atoms with Crippen LogP contribution < -0.4 is 10.5 Å². The van der Waals surface area contributed by atoms with Gasteiger partial charge in [-0.2, -0.15) is 0 Å². The molecule has 4 heteroatoms. The van der Waals surface area contributed by atoms with E-state index in [1.54, 1.807) is 0 Å². The molecule has 2 N–H and O–H groups in total. The number of fused-ring (bicyclic) bond motifs is 3. The van der Waals surface area contributed by atoms with Crippen LogP contribution in [0.2, 0.25) is 0 Å². The minimum atomic E-state index is -0.431. The Morgan fingerprint density at radius 1 is 1.26 bits per heavy atom. The first-order valence-corrected chi connectivity index (χ1v) is 8.39. The lowest BCUT2D eigenvalue weighted by Gasteiger charge is -2.54. The molecule has 0 saturated heterocycles. The van der Waals surface area contributed by atoms with Crippen molar-refractivity contribution in [2.24, 2.45) is 17.1 Å². The van der Waals surface area contributed by atoms with Crippen LogP contribution in [0.4, 0.5) is 0 Å². The van der Waals surface area contributed by atoms with Crippen LogP contribution >= 0.6 is 0 Å². The molecule has 3 atom stereocenters. The molecule has 3 unspecified atom stereocenters. The minimum absolute atomic E-state index is 0.0373. The number of ether oxygens (including phenoxy) is 1. The van der Waals surface area contributed by atoms with Gasteiger partial charge in [-0.3, -0.25) is 9.59 Å². The van der Waals surface area contributed by atoms with Crippen LogP contribution in [0.25, 0.3) is 0 Å². The first kappa shape index (κ1) is 16.0. The second-order valence-corrected chi connectivity index (χ2v) is 7.56. The molecule has 23 heavy (non-hydrogen) atoms. The number of benzene rings is 1. The van der Waals surface area contributed by atoms with E-state index < -0.39 is 5.41 Å². The summed E-state index contributed by atoms with van der Waals surface area (Å²) in [5.74, 6) is 0.400. The van der Waals surface area contributed by atoms with Gasteiger partial charge in [0.2, 0.25) is 5.91 Å². The number of hydrogen-bond acceptors (Lipinski definition) is 3. The Hall–Kier alpha value is -1.84. The van der Waals surface area contributed by atoms with Crippen LogP contribution in [-0.4, -0.2) is 11.9 Å². The topological polar surface area (TPSA) is 69.4 Å². The Morgan fingerprint density at radius 3 is 2.65 bits per heavy atom. The third-order valence-electron chi connectivity index (χ3n) is 6.15. The van der Waals surface area contributed by atoms with Crippen LogP contribution in [0, 0.1) is 11.3 Å². The number of rotatable bonds is 2. The van der Waals surface area contributed by atoms with E-state index in [-0.39, 0.29) is 23.2 Å². The molecule has 124 valence electrons. The maximum absolute atomic E-state index is 12.1. The number of aryl methyl sites for hydroxylation is 1. The monoisotopic (exact) mass is 315 g/mol. The lowest BCUT2D eigenvalue weighted by Crippen LogP contribution is -2.54. The number of nitrogens with two attached hydrogens (primary N) is 1. The highest BCUT2D eigenvalue weighted by Gasteiger charge is 2.54. The molecule has 0 spiro atoms. The molecule has 1 aromatic rings. The minimum Gasteiger partial charge on any atom is -0.427 e. The van der Waals surface area contributed by atoms with Gasteiger partial charge in [-0.1, -0.05) is 26.3 Å². The second-order valence-electron chi connectivity index (χ2n) is 7.56. The summed E-state index contributed by atoms with van der Waals surface area (Å²) in [5.41, 5.74) is 7.82. The summed E-state index contributed by atoms with van der Waals surface area (Å²) in [5, 5.41) is 0. The summed E-state index contributed by atoms with van der Waals surface area (Å²) in [7, 11) is 0. The molecule has 0 bridgehead atoms. The van der Waals surface area contributed by atoms with Gasteiger partial charge in [0.25, 0.3) is 0 Å². The van der Waals surface area contributed by atoms with Crippen molar-refractivity contribution in [2.45, 2.75) is 58.3 Å². The summed E-state index contributed by atoms with van der Waals surface area (Å²) in [6, 6.07) is 5.92. The van der Waals surface area contributed by atoms with Crippen molar-refractivity contribution in [3.8, 4) is 5.75 Å². The predicted molar refractivity (Wildman–Crippen MR) is 88.1 cm³/mol. The molecule has 0 aromatic heterocycles. The van der Waals surface area contributed by atoms with Gasteiger partial charge < -0.3 is 10.5 Å². The van der Waals surface area contributed by atoms with Crippen LogP contribution in [0.3, 0.4) is 0 Å². The molecule has 1 fully saturated rings. The van der Waals surface area contributed by atoms with Crippen LogP contribution in [0.15, 0.2) is 18.2 Å². The zero-order chi connectivity index (χ0) is 16.8. The van der Waals surface area contributed by atoms with E-state index in [4.69, 9.17) is 10.5 Å². The summed E-state index contributed by atoms with van der Waals surface area (Å²) in [6.45, 7) is 5.72. The van der Waals surface area contributed by atoms with E-state index in [2.05, 4.69) is 13.0 Å². The normalized spacial score (nSPS) is 32.6. The zero-order valence-corrected chi connectivity index (χ0v) is 14.1. The molecule has 0 radical (unpaired) electrons. The molecule has 3 rings (SSSR count). The molecule has 1 saturated carbocycles. The highest BCUT2D eigenvalue weighted by Crippen LogP contribution is 2.57. The van der Waals surface area contributed by atoms with Crippen molar-refractivity contribution in [1.29, 1.82) is 0 Å². The molecule has 4 nitrogen and oxygen atoms in total. The van der Waals surface area contributed by atoms with Crippen molar-refractivity contribution in [2.75, 3.05) is 0 Å². The average Bonchev–Trinajstić information content (AvgIpc) is 2.46. The SMILES string of the molecule is CC(=O)Oc1ccc2c(c1)CCC1C(C)(C(N)=O)CCCC21C. The lowest BCUT2D eigenvalue weighted by atomic mass is 9.49. The van der Waals surface area contributed by atoms with Crippen molar-refractivity contribution in [3.05, 3.63) is 29.3 Å². The lowest BCUT2D eigenvalue weighted by molar-refractivity contribution is -0.135. The maximum atomic E-state index is 12.1. The smallest absolute Gasteiger partial charge is 0.308 e. The highest BCUT2D eigenvalue weighted by atomic mass is 16.5. The molecule has 0 aliphatic heterocycles. The van der Waals surface area contributed by atoms with Gasteiger partial charge in [-0.15, -0.1) is 0 Å². The van der Waals surface area contributed by atoms with Gasteiger partial charge in [0.15, 0.2) is 0 Å². The number of esters is 1. The molecular formula is C19H25NO3. The molecule has 1 aromatic carbocycles. The molecular weight excluding hydrogens is 290 g/mol. The van der Waals surface area contributed by atoms with Gasteiger partial charge in [0, 0.05) is 12.3 Å². The molecule has 0 heterocycles. The van der Waals surface area contributed by atoms with Crippen LogP contribution in [0.5, 0.6) is 5.75 Å². The summed E-state index contributed by atoms with van der Waals surface area (Å²) in [6.07, 6.45) is 4.81. The molecule has 1 amide bonds. The fraction of sp³-hybridized carbons (Fsp3) is 0.579. The maximum Gasteiger partial charge on any atom is 0.308 e.